The topological polar surface area (TPSA) is 77.8 Å². The first-order valence-electron chi connectivity index (χ1n) is 5.38. The molecular formula is C11H17NO4. The smallest absolute Gasteiger partial charge is 0.303 e. The highest BCUT2D eigenvalue weighted by Crippen LogP contribution is 2.21. The Hall–Kier alpha value is -1.36. The Morgan fingerprint density at radius 3 is 2.62 bits per heavy atom. The summed E-state index contributed by atoms with van der Waals surface area (Å²) in [6, 6.07) is 0. The van der Waals surface area contributed by atoms with Gasteiger partial charge in [-0.25, -0.2) is 0 Å². The molecule has 1 rings (SSSR count). The fourth-order valence-corrected chi connectivity index (χ4v) is 1.69. The molecule has 0 spiro atoms. The van der Waals surface area contributed by atoms with Crippen molar-refractivity contribution < 1.29 is 19.8 Å². The summed E-state index contributed by atoms with van der Waals surface area (Å²) in [6.45, 7) is 2.02. The predicted octanol–water partition coefficient (Wildman–Crippen LogP) is 0.738. The maximum atomic E-state index is 11.3. The molecule has 5 heteroatoms. The van der Waals surface area contributed by atoms with Crippen LogP contribution in [-0.2, 0) is 9.59 Å². The second-order valence-electron chi connectivity index (χ2n) is 4.12. The van der Waals surface area contributed by atoms with Crippen LogP contribution in [0, 0.1) is 0 Å². The van der Waals surface area contributed by atoms with Crippen LogP contribution in [-0.4, -0.2) is 39.3 Å². The normalized spacial score (nSPS) is 24.1. The zero-order valence-electron chi connectivity index (χ0n) is 9.35. The third kappa shape index (κ3) is 3.34. The summed E-state index contributed by atoms with van der Waals surface area (Å²) < 4.78 is 0. The van der Waals surface area contributed by atoms with Crippen LogP contribution in [0.15, 0.2) is 12.2 Å². The maximum Gasteiger partial charge on any atom is 0.303 e. The van der Waals surface area contributed by atoms with Gasteiger partial charge >= 0.3 is 5.97 Å². The molecule has 2 N–H and O–H groups in total. The van der Waals surface area contributed by atoms with Gasteiger partial charge in [-0.05, 0) is 25.8 Å². The van der Waals surface area contributed by atoms with Crippen LogP contribution in [0.4, 0.5) is 0 Å². The molecule has 0 bridgehead atoms. The van der Waals surface area contributed by atoms with Gasteiger partial charge in [-0.2, -0.15) is 0 Å². The lowest BCUT2D eigenvalue weighted by atomic mass is 10.1. The number of carboxylic acid groups (broad SMARTS) is 1. The van der Waals surface area contributed by atoms with Crippen molar-refractivity contribution in [3.63, 3.8) is 0 Å². The van der Waals surface area contributed by atoms with E-state index in [4.69, 9.17) is 5.11 Å². The van der Waals surface area contributed by atoms with Crippen molar-refractivity contribution in [1.82, 2.24) is 4.90 Å². The number of carbonyl (C=O) groups excluding carboxylic acids is 1. The number of amides is 1. The molecule has 0 aromatic carbocycles. The third-order valence-corrected chi connectivity index (χ3v) is 2.63. The lowest BCUT2D eigenvalue weighted by Gasteiger charge is -2.29. The summed E-state index contributed by atoms with van der Waals surface area (Å²) in [6.07, 6.45) is 5.03. The van der Waals surface area contributed by atoms with Crippen molar-refractivity contribution in [2.75, 3.05) is 6.54 Å². The number of aliphatic hydroxyl groups is 1. The molecule has 1 aliphatic rings. The summed E-state index contributed by atoms with van der Waals surface area (Å²) in [5, 5.41) is 18.2. The number of hydrogen-bond donors (Lipinski definition) is 2. The predicted molar refractivity (Wildman–Crippen MR) is 57.6 cm³/mol. The minimum atomic E-state index is -1.19. The molecule has 1 heterocycles. The zero-order chi connectivity index (χ0) is 12.2. The Bertz CT molecular complexity index is 309. The van der Waals surface area contributed by atoms with E-state index in [0.717, 1.165) is 6.42 Å². The standard InChI is InChI=1S/C11H17NO4/c1-11(16)7-6-9(13)12(11)8-4-2-3-5-10(14)15/h6-7,16H,2-5,8H2,1H3,(H,14,15). The average molecular weight is 227 g/mol. The Kier molecular flexibility index (Phi) is 4.06. The second-order valence-corrected chi connectivity index (χ2v) is 4.12. The van der Waals surface area contributed by atoms with Crippen molar-refractivity contribution >= 4 is 11.9 Å². The molecular weight excluding hydrogens is 210 g/mol. The SMILES string of the molecule is CC1(O)C=CC(=O)N1CCCCCC(=O)O. The van der Waals surface area contributed by atoms with E-state index in [1.165, 1.54) is 17.1 Å². The number of nitrogens with zero attached hydrogens (tertiary/aromatic N) is 1. The highest BCUT2D eigenvalue weighted by Gasteiger charge is 2.33. The van der Waals surface area contributed by atoms with E-state index in [0.29, 0.717) is 19.4 Å². The largest absolute Gasteiger partial charge is 0.481 e. The minimum Gasteiger partial charge on any atom is -0.481 e. The molecule has 0 radical (unpaired) electrons. The van der Waals surface area contributed by atoms with Gasteiger partial charge in [0.2, 0.25) is 5.91 Å². The van der Waals surface area contributed by atoms with Gasteiger partial charge in [-0.1, -0.05) is 6.42 Å². The number of carbonyl (C=O) groups is 2. The van der Waals surface area contributed by atoms with Gasteiger partial charge in [-0.15, -0.1) is 0 Å². The highest BCUT2D eigenvalue weighted by atomic mass is 16.4. The fraction of sp³-hybridized carbons (Fsp3) is 0.636. The number of hydrogen-bond acceptors (Lipinski definition) is 3. The lowest BCUT2D eigenvalue weighted by Crippen LogP contribution is -2.44. The first-order chi connectivity index (χ1) is 7.43. The van der Waals surface area contributed by atoms with Gasteiger partial charge in [-0.3, -0.25) is 9.59 Å². The summed E-state index contributed by atoms with van der Waals surface area (Å²) in [5.41, 5.74) is -1.19. The quantitative estimate of drug-likeness (QED) is 0.656. The molecule has 1 atom stereocenters. The summed E-state index contributed by atoms with van der Waals surface area (Å²) >= 11 is 0. The van der Waals surface area contributed by atoms with Crippen molar-refractivity contribution in [1.29, 1.82) is 0 Å². The Morgan fingerprint density at radius 1 is 1.44 bits per heavy atom. The van der Waals surface area contributed by atoms with E-state index in [1.54, 1.807) is 6.92 Å². The second kappa shape index (κ2) is 5.12. The number of rotatable bonds is 6. The molecule has 0 aromatic heterocycles. The van der Waals surface area contributed by atoms with Crippen LogP contribution < -0.4 is 0 Å². The van der Waals surface area contributed by atoms with Crippen LogP contribution >= 0.6 is 0 Å². The van der Waals surface area contributed by atoms with Gasteiger partial charge in [0.25, 0.3) is 0 Å². The van der Waals surface area contributed by atoms with Crippen molar-refractivity contribution in [2.45, 2.75) is 38.3 Å². The molecule has 0 aliphatic carbocycles. The fourth-order valence-electron chi connectivity index (χ4n) is 1.69. The maximum absolute atomic E-state index is 11.3. The van der Waals surface area contributed by atoms with Crippen LogP contribution in [0.1, 0.15) is 32.6 Å². The van der Waals surface area contributed by atoms with Crippen LogP contribution in [0.2, 0.25) is 0 Å². The Morgan fingerprint density at radius 2 is 2.12 bits per heavy atom. The zero-order valence-corrected chi connectivity index (χ0v) is 9.35. The Labute approximate surface area is 94.4 Å². The number of carboxylic acids is 1. The van der Waals surface area contributed by atoms with Gasteiger partial charge < -0.3 is 15.1 Å². The van der Waals surface area contributed by atoms with E-state index < -0.39 is 11.7 Å². The van der Waals surface area contributed by atoms with Crippen molar-refractivity contribution in [3.05, 3.63) is 12.2 Å². The van der Waals surface area contributed by atoms with Gasteiger partial charge in [0, 0.05) is 19.0 Å². The molecule has 1 amide bonds. The van der Waals surface area contributed by atoms with E-state index in [1.807, 2.05) is 0 Å². The molecule has 1 unspecified atom stereocenters. The first kappa shape index (κ1) is 12.7. The average Bonchev–Trinajstić information content (AvgIpc) is 2.43. The van der Waals surface area contributed by atoms with E-state index in [2.05, 4.69) is 0 Å². The molecule has 16 heavy (non-hydrogen) atoms. The monoisotopic (exact) mass is 227 g/mol. The highest BCUT2D eigenvalue weighted by molar-refractivity contribution is 5.91. The summed E-state index contributed by atoms with van der Waals surface area (Å²) in [4.78, 5) is 23.0. The van der Waals surface area contributed by atoms with Crippen molar-refractivity contribution in [3.8, 4) is 0 Å². The third-order valence-electron chi connectivity index (χ3n) is 2.63. The van der Waals surface area contributed by atoms with Gasteiger partial charge in [0.1, 0.15) is 0 Å². The molecule has 0 saturated heterocycles. The van der Waals surface area contributed by atoms with E-state index >= 15 is 0 Å². The molecule has 1 aliphatic heterocycles. The van der Waals surface area contributed by atoms with Crippen LogP contribution in [0.5, 0.6) is 0 Å². The molecule has 90 valence electrons. The van der Waals surface area contributed by atoms with Crippen LogP contribution in [0.25, 0.3) is 0 Å². The van der Waals surface area contributed by atoms with Crippen molar-refractivity contribution in [2.24, 2.45) is 0 Å². The molecule has 0 fully saturated rings. The summed E-state index contributed by atoms with van der Waals surface area (Å²) in [7, 11) is 0. The number of unbranched alkanes of at least 4 members (excludes halogenated alkanes) is 2. The van der Waals surface area contributed by atoms with Gasteiger partial charge in [0.05, 0.1) is 0 Å². The van der Waals surface area contributed by atoms with Crippen LogP contribution in [0.3, 0.4) is 0 Å². The molecule has 0 aromatic rings. The number of aliphatic carboxylic acids is 1. The lowest BCUT2D eigenvalue weighted by molar-refractivity contribution is -0.140. The van der Waals surface area contributed by atoms with E-state index in [9.17, 15) is 14.7 Å². The summed E-state index contributed by atoms with van der Waals surface area (Å²) in [5.74, 6) is -0.992. The van der Waals surface area contributed by atoms with Gasteiger partial charge in [0.15, 0.2) is 5.72 Å². The van der Waals surface area contributed by atoms with E-state index in [-0.39, 0.29) is 12.3 Å². The molecule has 5 nitrogen and oxygen atoms in total. The molecule has 0 saturated carbocycles. The Balaban J connectivity index is 2.23. The first-order valence-corrected chi connectivity index (χ1v) is 5.38. The minimum absolute atomic E-state index is 0.155.